The minimum absolute atomic E-state index is 0.0409. The average molecular weight is 403 g/mol. The van der Waals surface area contributed by atoms with E-state index in [2.05, 4.69) is 36.0 Å². The normalized spacial score (nSPS) is 22.2. The van der Waals surface area contributed by atoms with Gasteiger partial charge < -0.3 is 25.8 Å². The van der Waals surface area contributed by atoms with E-state index in [0.717, 1.165) is 50.2 Å². The lowest BCUT2D eigenvalue weighted by Gasteiger charge is -2.41. The second-order valence-corrected chi connectivity index (χ2v) is 7.78. The highest BCUT2D eigenvalue weighted by Crippen LogP contribution is 2.21. The molecule has 0 spiro atoms. The van der Waals surface area contributed by atoms with Gasteiger partial charge in [-0.05, 0) is 70.1 Å². The van der Waals surface area contributed by atoms with Crippen molar-refractivity contribution in [3.05, 3.63) is 54.5 Å². The zero-order valence-corrected chi connectivity index (χ0v) is 17.7. The number of hydrogen-bond acceptors (Lipinski definition) is 7. The molecule has 1 aliphatic rings. The Balaban J connectivity index is 1.62. The number of nitrogens with one attached hydrogen (secondary N) is 1. The first-order valence-corrected chi connectivity index (χ1v) is 10.3. The van der Waals surface area contributed by atoms with Gasteiger partial charge in [0.25, 0.3) is 0 Å². The number of ether oxygens (including phenoxy) is 1. The molecule has 1 aliphatic heterocycles. The number of nitrogens with two attached hydrogens (primary N) is 2. The first-order chi connectivity index (χ1) is 13.9. The number of rotatable bonds is 11. The molecule has 0 unspecified atom stereocenters. The van der Waals surface area contributed by atoms with Gasteiger partial charge in [0.2, 0.25) is 0 Å². The van der Waals surface area contributed by atoms with E-state index < -0.39 is 6.29 Å². The van der Waals surface area contributed by atoms with Crippen LogP contribution in [0.2, 0.25) is 0 Å². The second kappa shape index (κ2) is 11.8. The molecule has 1 aromatic rings. The van der Waals surface area contributed by atoms with Crippen LogP contribution in [0.4, 0.5) is 5.69 Å². The van der Waals surface area contributed by atoms with Crippen LogP contribution in [0.25, 0.3) is 0 Å². The van der Waals surface area contributed by atoms with Crippen LogP contribution in [-0.4, -0.2) is 43.5 Å². The number of hydrogen-bond donors (Lipinski definition) is 3. The van der Waals surface area contributed by atoms with Crippen LogP contribution >= 0.6 is 0 Å². The van der Waals surface area contributed by atoms with Crippen LogP contribution in [0.5, 0.6) is 0 Å². The predicted octanol–water partition coefficient (Wildman–Crippen LogP) is 1.41. The molecule has 29 heavy (non-hydrogen) atoms. The lowest BCUT2D eigenvalue weighted by atomic mass is 10.0. The summed E-state index contributed by atoms with van der Waals surface area (Å²) in [6.07, 6.45) is 6.54. The maximum absolute atomic E-state index is 11.7. The highest BCUT2D eigenvalue weighted by molar-refractivity contribution is 5.48. The average Bonchev–Trinajstić information content (AvgIpc) is 2.69. The standard InChI is InChI=1S/C22H36N5O2/c1-17(10-13-26(3)21-15-18(2)29-22(28)16-21)25-12-4-5-19-6-8-20(9-7-19)27(24)14-11-23/h6-9,11,14,18,21-22,25H,1,4-5,10,12-13,15-16,23-24H2,2-3H3/q-1/b14-11-/t18-,21+,22-/m1/s1. The van der Waals surface area contributed by atoms with Crippen LogP contribution < -0.4 is 27.0 Å². The maximum atomic E-state index is 11.7. The fourth-order valence-corrected chi connectivity index (χ4v) is 3.59. The Bertz CT molecular complexity index is 639. The van der Waals surface area contributed by atoms with E-state index in [1.54, 1.807) is 6.20 Å². The van der Waals surface area contributed by atoms with Crippen molar-refractivity contribution < 1.29 is 9.84 Å². The summed E-state index contributed by atoms with van der Waals surface area (Å²) in [5.41, 5.74) is 8.56. The Labute approximate surface area is 175 Å². The summed E-state index contributed by atoms with van der Waals surface area (Å²) in [7, 11) is 2.08. The number of anilines is 1. The van der Waals surface area contributed by atoms with Crippen molar-refractivity contribution in [3.8, 4) is 0 Å². The van der Waals surface area contributed by atoms with Crippen molar-refractivity contribution in [2.75, 3.05) is 25.1 Å². The van der Waals surface area contributed by atoms with Gasteiger partial charge in [-0.15, -0.1) is 0 Å². The van der Waals surface area contributed by atoms with Crippen molar-refractivity contribution in [2.45, 2.75) is 57.5 Å². The van der Waals surface area contributed by atoms with Crippen molar-refractivity contribution in [1.82, 2.24) is 10.2 Å². The summed E-state index contributed by atoms with van der Waals surface area (Å²) in [6.45, 7) is 7.89. The predicted molar refractivity (Wildman–Crippen MR) is 117 cm³/mol. The van der Waals surface area contributed by atoms with Gasteiger partial charge in [0.15, 0.2) is 0 Å². The van der Waals surface area contributed by atoms with Gasteiger partial charge in [-0.3, -0.25) is 5.01 Å². The summed E-state index contributed by atoms with van der Waals surface area (Å²) in [5.74, 6) is 5.84. The zero-order chi connectivity index (χ0) is 21.2. The maximum Gasteiger partial charge on any atom is 0.0569 e. The lowest BCUT2D eigenvalue weighted by Crippen LogP contribution is -2.48. The van der Waals surface area contributed by atoms with E-state index in [1.807, 2.05) is 19.1 Å². The molecule has 0 bridgehead atoms. The summed E-state index contributed by atoms with van der Waals surface area (Å²) >= 11 is 0. The van der Waals surface area contributed by atoms with Crippen LogP contribution in [0.15, 0.2) is 48.9 Å². The van der Waals surface area contributed by atoms with Gasteiger partial charge >= 0.3 is 0 Å². The Hall–Kier alpha value is -2.06. The van der Waals surface area contributed by atoms with E-state index in [0.29, 0.717) is 12.5 Å². The SMILES string of the molecule is C=C(CCN(C)[C@H]1C[C@@H](C)O[C@@H]([O-])C1)NCCCc1ccc(N(N)/C=C\N)cc1. The molecule has 0 amide bonds. The van der Waals surface area contributed by atoms with Crippen LogP contribution in [0.1, 0.15) is 38.2 Å². The third-order valence-electron chi connectivity index (χ3n) is 5.34. The molecule has 5 N–H and O–H groups in total. The van der Waals surface area contributed by atoms with Gasteiger partial charge in [0, 0.05) is 37.2 Å². The summed E-state index contributed by atoms with van der Waals surface area (Å²) < 4.78 is 5.29. The monoisotopic (exact) mass is 402 g/mol. The Kier molecular flexibility index (Phi) is 9.47. The molecule has 0 aliphatic carbocycles. The van der Waals surface area contributed by atoms with Gasteiger partial charge in [0.05, 0.1) is 11.8 Å². The van der Waals surface area contributed by atoms with E-state index in [1.165, 1.54) is 16.8 Å². The number of hydrazine groups is 1. The molecule has 1 aromatic carbocycles. The summed E-state index contributed by atoms with van der Waals surface area (Å²) in [6, 6.07) is 8.44. The number of benzene rings is 1. The Morgan fingerprint density at radius 1 is 1.34 bits per heavy atom. The quantitative estimate of drug-likeness (QED) is 0.292. The van der Waals surface area contributed by atoms with Gasteiger partial charge in [-0.2, -0.15) is 0 Å². The van der Waals surface area contributed by atoms with Crippen molar-refractivity contribution in [3.63, 3.8) is 0 Å². The molecule has 1 saturated heterocycles. The van der Waals surface area contributed by atoms with Crippen molar-refractivity contribution in [1.29, 1.82) is 0 Å². The molecule has 3 atom stereocenters. The highest BCUT2D eigenvalue weighted by atomic mass is 16.6. The number of nitrogens with zero attached hydrogens (tertiary/aromatic N) is 2. The first-order valence-electron chi connectivity index (χ1n) is 10.3. The third kappa shape index (κ3) is 8.06. The molecule has 162 valence electrons. The van der Waals surface area contributed by atoms with E-state index >= 15 is 0 Å². The fraction of sp³-hybridized carbons (Fsp3) is 0.545. The van der Waals surface area contributed by atoms with Gasteiger partial charge in [0.1, 0.15) is 0 Å². The largest absolute Gasteiger partial charge is 0.831 e. The molecule has 1 heterocycles. The lowest BCUT2D eigenvalue weighted by molar-refractivity contribution is -0.506. The number of aryl methyl sites for hydroxylation is 1. The molecule has 0 aromatic heterocycles. The van der Waals surface area contributed by atoms with Crippen LogP contribution in [-0.2, 0) is 11.2 Å². The smallest absolute Gasteiger partial charge is 0.0569 e. The zero-order valence-electron chi connectivity index (χ0n) is 17.7. The Morgan fingerprint density at radius 3 is 2.72 bits per heavy atom. The summed E-state index contributed by atoms with van der Waals surface area (Å²) in [4.78, 5) is 2.26. The Morgan fingerprint density at radius 2 is 2.07 bits per heavy atom. The highest BCUT2D eigenvalue weighted by Gasteiger charge is 2.24. The minimum Gasteiger partial charge on any atom is -0.831 e. The molecule has 1 fully saturated rings. The summed E-state index contributed by atoms with van der Waals surface area (Å²) in [5, 5.41) is 16.6. The van der Waals surface area contributed by atoms with E-state index in [4.69, 9.17) is 16.3 Å². The van der Waals surface area contributed by atoms with Crippen LogP contribution in [0, 0.1) is 0 Å². The molecule has 7 heteroatoms. The van der Waals surface area contributed by atoms with Gasteiger partial charge in [-0.1, -0.05) is 18.7 Å². The van der Waals surface area contributed by atoms with Crippen molar-refractivity contribution >= 4 is 5.69 Å². The minimum atomic E-state index is -0.897. The fourth-order valence-electron chi connectivity index (χ4n) is 3.59. The molecular weight excluding hydrogens is 366 g/mol. The van der Waals surface area contributed by atoms with E-state index in [9.17, 15) is 5.11 Å². The molecule has 0 radical (unpaired) electrons. The molecule has 2 rings (SSSR count). The van der Waals surface area contributed by atoms with Gasteiger partial charge in [-0.25, -0.2) is 5.84 Å². The third-order valence-corrected chi connectivity index (χ3v) is 5.34. The molecule has 7 nitrogen and oxygen atoms in total. The van der Waals surface area contributed by atoms with E-state index in [-0.39, 0.29) is 6.10 Å². The van der Waals surface area contributed by atoms with Crippen molar-refractivity contribution in [2.24, 2.45) is 11.6 Å². The topological polar surface area (TPSA) is 103 Å². The first kappa shape index (κ1) is 23.2. The second-order valence-electron chi connectivity index (χ2n) is 7.78. The molecular formula is C22H36N5O2-. The molecule has 0 saturated carbocycles. The van der Waals surface area contributed by atoms with Crippen LogP contribution in [0.3, 0.4) is 0 Å².